The SMILES string of the molecule is CCCn1ccc(CNCC(CC)(CC)CO)c1. The highest BCUT2D eigenvalue weighted by atomic mass is 16.3. The number of aliphatic hydroxyl groups is 1. The van der Waals surface area contributed by atoms with Crippen LogP contribution in [0.25, 0.3) is 0 Å². The highest BCUT2D eigenvalue weighted by Gasteiger charge is 2.24. The van der Waals surface area contributed by atoms with E-state index in [1.165, 1.54) is 12.0 Å². The van der Waals surface area contributed by atoms with Crippen LogP contribution in [0.3, 0.4) is 0 Å². The fourth-order valence-electron chi connectivity index (χ4n) is 2.24. The summed E-state index contributed by atoms with van der Waals surface area (Å²) in [6.45, 7) is 9.62. The molecule has 0 bridgehead atoms. The lowest BCUT2D eigenvalue weighted by Crippen LogP contribution is -2.36. The van der Waals surface area contributed by atoms with Gasteiger partial charge in [-0.15, -0.1) is 0 Å². The second kappa shape index (κ2) is 7.59. The standard InChI is InChI=1S/C15H28N2O/c1-4-8-17-9-7-14(11-17)10-16-12-15(5-2,6-3)13-18/h7,9,11,16,18H,4-6,8,10,12-13H2,1-3H3. The van der Waals surface area contributed by atoms with E-state index in [1.807, 2.05) is 0 Å². The van der Waals surface area contributed by atoms with E-state index in [1.54, 1.807) is 0 Å². The van der Waals surface area contributed by atoms with Gasteiger partial charge in [0.2, 0.25) is 0 Å². The van der Waals surface area contributed by atoms with Crippen LogP contribution in [-0.2, 0) is 13.1 Å². The van der Waals surface area contributed by atoms with Gasteiger partial charge in [0.25, 0.3) is 0 Å². The van der Waals surface area contributed by atoms with Crippen LogP contribution in [0.15, 0.2) is 18.5 Å². The Balaban J connectivity index is 2.40. The average Bonchev–Trinajstić information content (AvgIpc) is 2.84. The van der Waals surface area contributed by atoms with Crippen molar-refractivity contribution in [2.75, 3.05) is 13.2 Å². The second-order valence-corrected chi connectivity index (χ2v) is 5.23. The van der Waals surface area contributed by atoms with Crippen molar-refractivity contribution in [2.45, 2.75) is 53.1 Å². The lowest BCUT2D eigenvalue weighted by Gasteiger charge is -2.29. The average molecular weight is 252 g/mol. The summed E-state index contributed by atoms with van der Waals surface area (Å²) in [5.74, 6) is 0. The molecule has 1 heterocycles. The fourth-order valence-corrected chi connectivity index (χ4v) is 2.24. The molecule has 104 valence electrons. The number of hydrogen-bond donors (Lipinski definition) is 2. The predicted molar refractivity (Wildman–Crippen MR) is 76.5 cm³/mol. The van der Waals surface area contributed by atoms with E-state index in [0.717, 1.165) is 32.5 Å². The predicted octanol–water partition coefficient (Wildman–Crippen LogP) is 2.79. The molecule has 1 rings (SSSR count). The normalized spacial score (nSPS) is 12.0. The van der Waals surface area contributed by atoms with Crippen molar-refractivity contribution in [1.82, 2.24) is 9.88 Å². The van der Waals surface area contributed by atoms with Gasteiger partial charge in [-0.25, -0.2) is 0 Å². The molecule has 3 heteroatoms. The van der Waals surface area contributed by atoms with E-state index in [2.05, 4.69) is 49.1 Å². The number of hydrogen-bond acceptors (Lipinski definition) is 2. The summed E-state index contributed by atoms with van der Waals surface area (Å²) in [6.07, 6.45) is 7.54. The molecule has 0 radical (unpaired) electrons. The van der Waals surface area contributed by atoms with Crippen molar-refractivity contribution in [1.29, 1.82) is 0 Å². The van der Waals surface area contributed by atoms with Crippen molar-refractivity contribution in [3.63, 3.8) is 0 Å². The number of rotatable bonds is 9. The van der Waals surface area contributed by atoms with Crippen molar-refractivity contribution < 1.29 is 5.11 Å². The Morgan fingerprint density at radius 2 is 2.00 bits per heavy atom. The Hall–Kier alpha value is -0.800. The van der Waals surface area contributed by atoms with Crippen LogP contribution in [0.4, 0.5) is 0 Å². The van der Waals surface area contributed by atoms with E-state index >= 15 is 0 Å². The number of nitrogens with zero attached hydrogens (tertiary/aromatic N) is 1. The maximum absolute atomic E-state index is 9.50. The summed E-state index contributed by atoms with van der Waals surface area (Å²) in [5.41, 5.74) is 1.37. The highest BCUT2D eigenvalue weighted by Crippen LogP contribution is 2.24. The van der Waals surface area contributed by atoms with E-state index < -0.39 is 0 Å². The van der Waals surface area contributed by atoms with Gasteiger partial charge in [0.15, 0.2) is 0 Å². The Morgan fingerprint density at radius 1 is 1.28 bits per heavy atom. The van der Waals surface area contributed by atoms with Gasteiger partial charge in [0, 0.05) is 44.0 Å². The van der Waals surface area contributed by atoms with Crippen LogP contribution >= 0.6 is 0 Å². The lowest BCUT2D eigenvalue weighted by molar-refractivity contribution is 0.113. The van der Waals surface area contributed by atoms with Crippen LogP contribution in [0, 0.1) is 5.41 Å². The van der Waals surface area contributed by atoms with Gasteiger partial charge in [-0.3, -0.25) is 0 Å². The van der Waals surface area contributed by atoms with Gasteiger partial charge in [0.1, 0.15) is 0 Å². The zero-order valence-electron chi connectivity index (χ0n) is 12.1. The summed E-state index contributed by atoms with van der Waals surface area (Å²) < 4.78 is 2.23. The van der Waals surface area contributed by atoms with Crippen molar-refractivity contribution in [3.05, 3.63) is 24.0 Å². The molecule has 0 unspecified atom stereocenters. The molecule has 0 aliphatic carbocycles. The summed E-state index contributed by atoms with van der Waals surface area (Å²) in [5, 5.41) is 13.0. The highest BCUT2D eigenvalue weighted by molar-refractivity contribution is 5.09. The Labute approximate surface area is 111 Å². The molecule has 0 aliphatic rings. The molecule has 3 nitrogen and oxygen atoms in total. The molecule has 0 amide bonds. The number of aryl methyl sites for hydroxylation is 1. The first kappa shape index (κ1) is 15.3. The van der Waals surface area contributed by atoms with Gasteiger partial charge < -0.3 is 15.0 Å². The molecule has 0 atom stereocenters. The topological polar surface area (TPSA) is 37.2 Å². The summed E-state index contributed by atoms with van der Waals surface area (Å²) in [6, 6.07) is 2.17. The third-order valence-electron chi connectivity index (χ3n) is 3.96. The molecule has 0 fully saturated rings. The molecule has 18 heavy (non-hydrogen) atoms. The molecule has 0 aromatic carbocycles. The van der Waals surface area contributed by atoms with E-state index in [4.69, 9.17) is 0 Å². The second-order valence-electron chi connectivity index (χ2n) is 5.23. The van der Waals surface area contributed by atoms with Gasteiger partial charge in [-0.1, -0.05) is 20.8 Å². The molecular weight excluding hydrogens is 224 g/mol. The van der Waals surface area contributed by atoms with Crippen LogP contribution in [0.5, 0.6) is 0 Å². The molecule has 0 saturated heterocycles. The van der Waals surface area contributed by atoms with E-state index in [-0.39, 0.29) is 12.0 Å². The first-order valence-corrected chi connectivity index (χ1v) is 7.16. The number of nitrogens with one attached hydrogen (secondary N) is 1. The minimum Gasteiger partial charge on any atom is -0.396 e. The Morgan fingerprint density at radius 3 is 2.56 bits per heavy atom. The summed E-state index contributed by atoms with van der Waals surface area (Å²) in [7, 11) is 0. The minimum absolute atomic E-state index is 0.0476. The monoisotopic (exact) mass is 252 g/mol. The molecule has 1 aromatic heterocycles. The summed E-state index contributed by atoms with van der Waals surface area (Å²) >= 11 is 0. The fraction of sp³-hybridized carbons (Fsp3) is 0.733. The molecule has 0 spiro atoms. The third-order valence-corrected chi connectivity index (χ3v) is 3.96. The van der Waals surface area contributed by atoms with Crippen LogP contribution < -0.4 is 5.32 Å². The minimum atomic E-state index is 0.0476. The smallest absolute Gasteiger partial charge is 0.0499 e. The zero-order chi connectivity index (χ0) is 13.4. The maximum atomic E-state index is 9.50. The van der Waals surface area contributed by atoms with Crippen molar-refractivity contribution in [3.8, 4) is 0 Å². The van der Waals surface area contributed by atoms with Gasteiger partial charge >= 0.3 is 0 Å². The van der Waals surface area contributed by atoms with Crippen LogP contribution in [0.1, 0.15) is 45.6 Å². The number of aliphatic hydroxyl groups excluding tert-OH is 1. The van der Waals surface area contributed by atoms with Gasteiger partial charge in [0.05, 0.1) is 0 Å². The Kier molecular flexibility index (Phi) is 6.44. The van der Waals surface area contributed by atoms with Gasteiger partial charge in [-0.2, -0.15) is 0 Å². The molecule has 0 saturated carbocycles. The first-order chi connectivity index (χ1) is 8.69. The van der Waals surface area contributed by atoms with Crippen LogP contribution in [0.2, 0.25) is 0 Å². The summed E-state index contributed by atoms with van der Waals surface area (Å²) in [4.78, 5) is 0. The number of aromatic nitrogens is 1. The molecular formula is C15H28N2O. The quantitative estimate of drug-likeness (QED) is 0.709. The van der Waals surface area contributed by atoms with E-state index in [9.17, 15) is 5.11 Å². The van der Waals surface area contributed by atoms with Crippen LogP contribution in [-0.4, -0.2) is 22.8 Å². The lowest BCUT2D eigenvalue weighted by atomic mass is 9.83. The molecule has 0 aliphatic heterocycles. The first-order valence-electron chi connectivity index (χ1n) is 7.16. The van der Waals surface area contributed by atoms with E-state index in [0.29, 0.717) is 0 Å². The third kappa shape index (κ3) is 4.14. The molecule has 1 aromatic rings. The largest absolute Gasteiger partial charge is 0.396 e. The zero-order valence-corrected chi connectivity index (χ0v) is 12.1. The molecule has 2 N–H and O–H groups in total. The van der Waals surface area contributed by atoms with Crippen molar-refractivity contribution in [2.24, 2.45) is 5.41 Å². The maximum Gasteiger partial charge on any atom is 0.0499 e. The van der Waals surface area contributed by atoms with Gasteiger partial charge in [-0.05, 0) is 30.9 Å². The van der Waals surface area contributed by atoms with Crippen molar-refractivity contribution >= 4 is 0 Å². The Bertz CT molecular complexity index is 321.